The third-order valence-corrected chi connectivity index (χ3v) is 4.22. The Bertz CT molecular complexity index is 987. The summed E-state index contributed by atoms with van der Waals surface area (Å²) in [6.07, 6.45) is 0. The summed E-state index contributed by atoms with van der Waals surface area (Å²) in [6, 6.07) is 13.2. The van der Waals surface area contributed by atoms with Crippen LogP contribution in [0, 0.1) is 0 Å². The van der Waals surface area contributed by atoms with Crippen LogP contribution in [0.1, 0.15) is 20.8 Å². The fourth-order valence-electron chi connectivity index (χ4n) is 2.27. The molecule has 2 amide bonds. The van der Waals surface area contributed by atoms with Crippen LogP contribution in [-0.4, -0.2) is 29.1 Å². The van der Waals surface area contributed by atoms with E-state index in [0.29, 0.717) is 10.7 Å². The molecule has 7 nitrogen and oxygen atoms in total. The molecule has 0 bridgehead atoms. The number of methoxy groups -OCH3 is 1. The number of aromatic nitrogens is 2. The zero-order valence-corrected chi connectivity index (χ0v) is 15.6. The summed E-state index contributed by atoms with van der Waals surface area (Å²) in [7, 11) is 1.58. The molecule has 0 unspecified atom stereocenters. The summed E-state index contributed by atoms with van der Waals surface area (Å²) in [5, 5.41) is 7.31. The van der Waals surface area contributed by atoms with Crippen LogP contribution in [0.25, 0.3) is 11.3 Å². The van der Waals surface area contributed by atoms with Gasteiger partial charge in [-0.05, 0) is 48.5 Å². The van der Waals surface area contributed by atoms with Gasteiger partial charge in [-0.15, -0.1) is 0 Å². The van der Waals surface area contributed by atoms with Crippen LogP contribution in [0.15, 0.2) is 48.5 Å². The molecule has 0 aliphatic rings. The predicted molar refractivity (Wildman–Crippen MR) is 102 cm³/mol. The minimum absolute atomic E-state index is 0.178. The maximum Gasteiger partial charge on any atom is 0.287 e. The molecule has 1 heterocycles. The number of aromatic amines is 1. The molecule has 3 N–H and O–H groups in total. The number of hydrogen-bond donors (Lipinski definition) is 3. The highest BCUT2D eigenvalue weighted by atomic mass is 35.5. The van der Waals surface area contributed by atoms with Gasteiger partial charge in [-0.2, -0.15) is 5.10 Å². The minimum atomic E-state index is -0.570. The molecular formula is C18H14Cl2N4O3. The van der Waals surface area contributed by atoms with E-state index in [1.165, 1.54) is 18.2 Å². The average molecular weight is 405 g/mol. The van der Waals surface area contributed by atoms with Crippen molar-refractivity contribution < 1.29 is 14.3 Å². The molecule has 3 aromatic rings. The second-order valence-electron chi connectivity index (χ2n) is 5.43. The van der Waals surface area contributed by atoms with Gasteiger partial charge in [0.1, 0.15) is 11.4 Å². The number of rotatable bonds is 4. The first-order valence-corrected chi connectivity index (χ1v) is 8.49. The van der Waals surface area contributed by atoms with Crippen LogP contribution in [0.2, 0.25) is 10.0 Å². The Labute approximate surface area is 164 Å². The van der Waals surface area contributed by atoms with E-state index in [9.17, 15) is 9.59 Å². The highest BCUT2D eigenvalue weighted by Crippen LogP contribution is 2.22. The molecule has 3 rings (SSSR count). The monoisotopic (exact) mass is 404 g/mol. The zero-order chi connectivity index (χ0) is 19.4. The molecule has 0 saturated carbocycles. The lowest BCUT2D eigenvalue weighted by Crippen LogP contribution is -2.41. The molecular weight excluding hydrogens is 391 g/mol. The van der Waals surface area contributed by atoms with Crippen molar-refractivity contribution in [2.45, 2.75) is 0 Å². The van der Waals surface area contributed by atoms with Crippen LogP contribution in [-0.2, 0) is 0 Å². The van der Waals surface area contributed by atoms with Crippen molar-refractivity contribution in [3.8, 4) is 17.0 Å². The van der Waals surface area contributed by atoms with Crippen LogP contribution in [0.4, 0.5) is 0 Å². The summed E-state index contributed by atoms with van der Waals surface area (Å²) in [6.45, 7) is 0. The number of carbonyl (C=O) groups is 2. The lowest BCUT2D eigenvalue weighted by atomic mass is 10.1. The van der Waals surface area contributed by atoms with Crippen molar-refractivity contribution in [1.29, 1.82) is 0 Å². The molecule has 0 fully saturated rings. The number of amides is 2. The topological polar surface area (TPSA) is 96.1 Å². The Morgan fingerprint density at radius 1 is 1.00 bits per heavy atom. The lowest BCUT2D eigenvalue weighted by Gasteiger charge is -2.07. The van der Waals surface area contributed by atoms with E-state index in [4.69, 9.17) is 27.9 Å². The third kappa shape index (κ3) is 4.39. The van der Waals surface area contributed by atoms with E-state index in [2.05, 4.69) is 21.0 Å². The Morgan fingerprint density at radius 2 is 1.70 bits per heavy atom. The van der Waals surface area contributed by atoms with E-state index < -0.39 is 11.8 Å². The highest BCUT2D eigenvalue weighted by Gasteiger charge is 2.14. The van der Waals surface area contributed by atoms with Gasteiger partial charge in [0.2, 0.25) is 0 Å². The van der Waals surface area contributed by atoms with Crippen LogP contribution >= 0.6 is 23.2 Å². The number of hydrogen-bond acceptors (Lipinski definition) is 4. The van der Waals surface area contributed by atoms with Gasteiger partial charge in [0.15, 0.2) is 0 Å². The minimum Gasteiger partial charge on any atom is -0.497 e. The van der Waals surface area contributed by atoms with E-state index in [0.717, 1.165) is 11.3 Å². The number of halogens is 2. The molecule has 0 spiro atoms. The van der Waals surface area contributed by atoms with Crippen LogP contribution in [0.5, 0.6) is 5.75 Å². The summed E-state index contributed by atoms with van der Waals surface area (Å²) in [5.74, 6) is -0.406. The smallest absolute Gasteiger partial charge is 0.287 e. The SMILES string of the molecule is COc1ccc(-c2cc(C(=O)NNC(=O)c3ccc(Cl)cc3Cl)[nH]n2)cc1. The average Bonchev–Trinajstić information content (AvgIpc) is 3.16. The predicted octanol–water partition coefficient (Wildman–Crippen LogP) is 3.47. The van der Waals surface area contributed by atoms with Gasteiger partial charge in [0.05, 0.1) is 23.4 Å². The van der Waals surface area contributed by atoms with E-state index in [1.807, 2.05) is 12.1 Å². The fourth-order valence-corrected chi connectivity index (χ4v) is 2.76. The number of carbonyl (C=O) groups excluding carboxylic acids is 2. The van der Waals surface area contributed by atoms with Gasteiger partial charge < -0.3 is 4.74 Å². The van der Waals surface area contributed by atoms with Crippen LogP contribution < -0.4 is 15.6 Å². The maximum absolute atomic E-state index is 12.2. The Kier molecular flexibility index (Phi) is 5.63. The number of benzene rings is 2. The van der Waals surface area contributed by atoms with E-state index in [1.54, 1.807) is 25.3 Å². The number of hydrazine groups is 1. The number of H-pyrrole nitrogens is 1. The number of nitrogens with one attached hydrogen (secondary N) is 3. The number of ether oxygens (including phenoxy) is 1. The molecule has 9 heteroatoms. The number of nitrogens with zero attached hydrogens (tertiary/aromatic N) is 1. The maximum atomic E-state index is 12.2. The molecule has 0 radical (unpaired) electrons. The van der Waals surface area contributed by atoms with Crippen molar-refractivity contribution in [1.82, 2.24) is 21.0 Å². The second-order valence-corrected chi connectivity index (χ2v) is 6.27. The molecule has 0 atom stereocenters. The van der Waals surface area contributed by atoms with E-state index >= 15 is 0 Å². The zero-order valence-electron chi connectivity index (χ0n) is 14.0. The Balaban J connectivity index is 1.64. The molecule has 27 heavy (non-hydrogen) atoms. The quantitative estimate of drug-likeness (QED) is 0.580. The highest BCUT2D eigenvalue weighted by molar-refractivity contribution is 6.36. The Hall–Kier alpha value is -3.03. The standard InChI is InChI=1S/C18H14Cl2N4O3/c1-27-12-5-2-10(3-6-12)15-9-16(22-21-15)18(26)24-23-17(25)13-7-4-11(19)8-14(13)20/h2-9H,1H3,(H,21,22)(H,23,25)(H,24,26). The van der Waals surface area contributed by atoms with Gasteiger partial charge >= 0.3 is 0 Å². The summed E-state index contributed by atoms with van der Waals surface area (Å²) >= 11 is 11.8. The third-order valence-electron chi connectivity index (χ3n) is 3.67. The summed E-state index contributed by atoms with van der Waals surface area (Å²) < 4.78 is 5.10. The molecule has 0 aliphatic carbocycles. The van der Waals surface area contributed by atoms with Crippen LogP contribution in [0.3, 0.4) is 0 Å². The first kappa shape index (κ1) is 18.8. The van der Waals surface area contributed by atoms with Gasteiger partial charge in [0, 0.05) is 10.6 Å². The van der Waals surface area contributed by atoms with Gasteiger partial charge in [-0.25, -0.2) is 0 Å². The molecule has 138 valence electrons. The normalized spacial score (nSPS) is 10.3. The van der Waals surface area contributed by atoms with Gasteiger partial charge in [-0.1, -0.05) is 23.2 Å². The van der Waals surface area contributed by atoms with Gasteiger partial charge in [0.25, 0.3) is 11.8 Å². The molecule has 0 aliphatic heterocycles. The molecule has 0 saturated heterocycles. The van der Waals surface area contributed by atoms with Crippen molar-refractivity contribution in [2.24, 2.45) is 0 Å². The fraction of sp³-hybridized carbons (Fsp3) is 0.0556. The van der Waals surface area contributed by atoms with Crippen molar-refractivity contribution in [3.05, 3.63) is 69.8 Å². The van der Waals surface area contributed by atoms with Crippen molar-refractivity contribution >= 4 is 35.0 Å². The first-order valence-electron chi connectivity index (χ1n) is 7.73. The second kappa shape index (κ2) is 8.11. The Morgan fingerprint density at radius 3 is 2.37 bits per heavy atom. The first-order chi connectivity index (χ1) is 13.0. The lowest BCUT2D eigenvalue weighted by molar-refractivity contribution is 0.0844. The summed E-state index contributed by atoms with van der Waals surface area (Å²) in [4.78, 5) is 24.3. The molecule has 2 aromatic carbocycles. The van der Waals surface area contributed by atoms with Crippen molar-refractivity contribution in [3.63, 3.8) is 0 Å². The largest absolute Gasteiger partial charge is 0.497 e. The molecule has 1 aromatic heterocycles. The van der Waals surface area contributed by atoms with Gasteiger partial charge in [-0.3, -0.25) is 25.5 Å². The van der Waals surface area contributed by atoms with Crippen molar-refractivity contribution in [2.75, 3.05) is 7.11 Å². The van der Waals surface area contributed by atoms with E-state index in [-0.39, 0.29) is 16.3 Å². The summed E-state index contributed by atoms with van der Waals surface area (Å²) in [5.41, 5.74) is 6.35.